The summed E-state index contributed by atoms with van der Waals surface area (Å²) in [5.41, 5.74) is 3.65. The largest absolute Gasteiger partial charge is 0.395 e. The highest BCUT2D eigenvalue weighted by Crippen LogP contribution is 2.40. The lowest BCUT2D eigenvalue weighted by Crippen LogP contribution is -2.39. The number of hydrogen-bond donors (Lipinski definition) is 2. The minimum atomic E-state index is -0.253. The van der Waals surface area contributed by atoms with Gasteiger partial charge in [-0.3, -0.25) is 9.36 Å². The summed E-state index contributed by atoms with van der Waals surface area (Å²) in [6, 6.07) is 8.19. The molecule has 2 aromatic rings. The molecule has 1 aromatic carbocycles. The van der Waals surface area contributed by atoms with Crippen LogP contribution in [0.25, 0.3) is 11.3 Å². The molecule has 2 N–H and O–H groups in total. The molecule has 0 atom stereocenters. The van der Waals surface area contributed by atoms with E-state index in [-0.39, 0.29) is 17.6 Å². The summed E-state index contributed by atoms with van der Waals surface area (Å²) in [6.07, 6.45) is 2.77. The van der Waals surface area contributed by atoms with Crippen LogP contribution in [0.4, 0.5) is 5.95 Å². The number of aromatic nitrogens is 2. The molecule has 134 valence electrons. The lowest BCUT2D eigenvalue weighted by molar-refractivity contribution is 0.310. The summed E-state index contributed by atoms with van der Waals surface area (Å²) in [5, 5.41) is 12.3. The SMILES string of the molecule is CCCCn1c(NCCO)nc2c(c1=O)C(C)(C)Cc1ccccc1-2. The molecule has 25 heavy (non-hydrogen) atoms. The molecule has 0 aliphatic heterocycles. The predicted octanol–water partition coefficient (Wildman–Crippen LogP) is 2.95. The Morgan fingerprint density at radius 3 is 2.80 bits per heavy atom. The quantitative estimate of drug-likeness (QED) is 0.848. The number of fused-ring (bicyclic) bond motifs is 3. The number of nitrogens with zero attached hydrogens (tertiary/aromatic N) is 2. The van der Waals surface area contributed by atoms with Gasteiger partial charge in [0.1, 0.15) is 0 Å². The molecule has 1 heterocycles. The van der Waals surface area contributed by atoms with Crippen molar-refractivity contribution in [3.8, 4) is 11.3 Å². The van der Waals surface area contributed by atoms with E-state index in [1.165, 1.54) is 5.56 Å². The molecule has 1 aromatic heterocycles. The average molecular weight is 341 g/mol. The summed E-state index contributed by atoms with van der Waals surface area (Å²) in [6.45, 7) is 7.37. The molecule has 0 radical (unpaired) electrons. The highest BCUT2D eigenvalue weighted by atomic mass is 16.3. The molecule has 0 spiro atoms. The number of rotatable bonds is 6. The van der Waals surface area contributed by atoms with Gasteiger partial charge in [0.15, 0.2) is 0 Å². The van der Waals surface area contributed by atoms with E-state index in [0.29, 0.717) is 19.0 Å². The van der Waals surface area contributed by atoms with E-state index in [9.17, 15) is 4.79 Å². The Bertz CT molecular complexity index is 824. The van der Waals surface area contributed by atoms with Gasteiger partial charge in [-0.15, -0.1) is 0 Å². The lowest BCUT2D eigenvalue weighted by Gasteiger charge is -2.33. The van der Waals surface area contributed by atoms with E-state index in [2.05, 4.69) is 32.2 Å². The second-order valence-electron chi connectivity index (χ2n) is 7.34. The van der Waals surface area contributed by atoms with Gasteiger partial charge in [-0.1, -0.05) is 51.5 Å². The minimum Gasteiger partial charge on any atom is -0.395 e. The fourth-order valence-electron chi connectivity index (χ4n) is 3.66. The van der Waals surface area contributed by atoms with Gasteiger partial charge in [0, 0.05) is 29.6 Å². The van der Waals surface area contributed by atoms with Crippen molar-refractivity contribution in [1.29, 1.82) is 0 Å². The molecular formula is C20H27N3O2. The first-order chi connectivity index (χ1) is 12.0. The van der Waals surface area contributed by atoms with Crippen LogP contribution in [0.15, 0.2) is 29.1 Å². The molecule has 0 saturated carbocycles. The third kappa shape index (κ3) is 3.21. The molecule has 5 nitrogen and oxygen atoms in total. The minimum absolute atomic E-state index is 0.00279. The van der Waals surface area contributed by atoms with Crippen molar-refractivity contribution in [3.05, 3.63) is 45.7 Å². The Balaban J connectivity index is 2.24. The Hall–Kier alpha value is -2.14. The zero-order valence-electron chi connectivity index (χ0n) is 15.3. The van der Waals surface area contributed by atoms with Crippen LogP contribution in [-0.2, 0) is 18.4 Å². The molecule has 5 heteroatoms. The summed E-state index contributed by atoms with van der Waals surface area (Å²) >= 11 is 0. The molecule has 0 fully saturated rings. The second kappa shape index (κ2) is 7.00. The number of anilines is 1. The Labute approximate surface area is 148 Å². The van der Waals surface area contributed by atoms with Crippen LogP contribution in [0.3, 0.4) is 0 Å². The first-order valence-electron chi connectivity index (χ1n) is 9.08. The molecule has 1 aliphatic carbocycles. The molecule has 0 unspecified atom stereocenters. The molecule has 0 amide bonds. The van der Waals surface area contributed by atoms with Crippen LogP contribution in [0.5, 0.6) is 0 Å². The third-order valence-electron chi connectivity index (χ3n) is 4.88. The lowest BCUT2D eigenvalue weighted by atomic mass is 9.72. The number of unbranched alkanes of at least 4 members (excludes halogenated alkanes) is 1. The van der Waals surface area contributed by atoms with Gasteiger partial charge in [0.25, 0.3) is 5.56 Å². The maximum atomic E-state index is 13.3. The van der Waals surface area contributed by atoms with E-state index < -0.39 is 0 Å². The fourth-order valence-corrected chi connectivity index (χ4v) is 3.66. The summed E-state index contributed by atoms with van der Waals surface area (Å²) in [5.74, 6) is 0.554. The van der Waals surface area contributed by atoms with E-state index in [4.69, 9.17) is 10.1 Å². The highest BCUT2D eigenvalue weighted by molar-refractivity contribution is 5.72. The second-order valence-corrected chi connectivity index (χ2v) is 7.34. The summed E-state index contributed by atoms with van der Waals surface area (Å²) < 4.78 is 1.74. The average Bonchev–Trinajstić information content (AvgIpc) is 2.58. The number of aliphatic hydroxyl groups excluding tert-OH is 1. The van der Waals surface area contributed by atoms with Crippen molar-refractivity contribution < 1.29 is 5.11 Å². The fraction of sp³-hybridized carbons (Fsp3) is 0.500. The summed E-state index contributed by atoms with van der Waals surface area (Å²) in [7, 11) is 0. The van der Waals surface area contributed by atoms with Crippen molar-refractivity contribution >= 4 is 5.95 Å². The van der Waals surface area contributed by atoms with Crippen molar-refractivity contribution in [2.24, 2.45) is 0 Å². The first kappa shape index (κ1) is 17.7. The Morgan fingerprint density at radius 1 is 1.32 bits per heavy atom. The van der Waals surface area contributed by atoms with Crippen molar-refractivity contribution in [3.63, 3.8) is 0 Å². The van der Waals surface area contributed by atoms with Crippen LogP contribution >= 0.6 is 0 Å². The van der Waals surface area contributed by atoms with Crippen molar-refractivity contribution in [2.45, 2.75) is 52.0 Å². The van der Waals surface area contributed by atoms with Crippen LogP contribution in [0, 0.1) is 0 Å². The van der Waals surface area contributed by atoms with E-state index in [1.807, 2.05) is 18.2 Å². The van der Waals surface area contributed by atoms with Crippen molar-refractivity contribution in [2.75, 3.05) is 18.5 Å². The topological polar surface area (TPSA) is 67.2 Å². The van der Waals surface area contributed by atoms with Gasteiger partial charge in [-0.2, -0.15) is 0 Å². The Morgan fingerprint density at radius 2 is 2.08 bits per heavy atom. The van der Waals surface area contributed by atoms with E-state index >= 15 is 0 Å². The standard InChI is InChI=1S/C20H27N3O2/c1-4-5-11-23-18(25)16-17(22-19(23)21-10-12-24)15-9-7-6-8-14(15)13-20(16,2)3/h6-9,24H,4-5,10-13H2,1-3H3,(H,21,22). The normalized spacial score (nSPS) is 14.7. The van der Waals surface area contributed by atoms with Gasteiger partial charge in [-0.05, 0) is 18.4 Å². The van der Waals surface area contributed by atoms with Gasteiger partial charge < -0.3 is 10.4 Å². The number of benzene rings is 1. The number of nitrogens with one attached hydrogen (secondary N) is 1. The Kier molecular flexibility index (Phi) is 4.95. The van der Waals surface area contributed by atoms with Crippen LogP contribution in [0.1, 0.15) is 44.7 Å². The van der Waals surface area contributed by atoms with Gasteiger partial charge >= 0.3 is 0 Å². The maximum absolute atomic E-state index is 13.3. The van der Waals surface area contributed by atoms with Gasteiger partial charge in [0.05, 0.1) is 12.3 Å². The molecular weight excluding hydrogens is 314 g/mol. The monoisotopic (exact) mass is 341 g/mol. The zero-order valence-corrected chi connectivity index (χ0v) is 15.3. The first-order valence-corrected chi connectivity index (χ1v) is 9.08. The van der Waals surface area contributed by atoms with Crippen molar-refractivity contribution in [1.82, 2.24) is 9.55 Å². The van der Waals surface area contributed by atoms with Crippen LogP contribution in [-0.4, -0.2) is 27.8 Å². The maximum Gasteiger partial charge on any atom is 0.259 e. The summed E-state index contributed by atoms with van der Waals surface area (Å²) in [4.78, 5) is 18.2. The number of aliphatic hydroxyl groups is 1. The van der Waals surface area contributed by atoms with Crippen LogP contribution in [0.2, 0.25) is 0 Å². The van der Waals surface area contributed by atoms with Gasteiger partial charge in [0.2, 0.25) is 5.95 Å². The predicted molar refractivity (Wildman–Crippen MR) is 101 cm³/mol. The third-order valence-corrected chi connectivity index (χ3v) is 4.88. The smallest absolute Gasteiger partial charge is 0.259 e. The zero-order chi connectivity index (χ0) is 18.0. The van der Waals surface area contributed by atoms with Gasteiger partial charge in [-0.25, -0.2) is 4.98 Å². The highest BCUT2D eigenvalue weighted by Gasteiger charge is 2.35. The molecule has 1 aliphatic rings. The van der Waals surface area contributed by atoms with Crippen LogP contribution < -0.4 is 10.9 Å². The molecule has 0 saturated heterocycles. The number of hydrogen-bond acceptors (Lipinski definition) is 4. The van der Waals surface area contributed by atoms with E-state index in [1.54, 1.807) is 4.57 Å². The van der Waals surface area contributed by atoms with E-state index in [0.717, 1.165) is 36.1 Å². The molecule has 3 rings (SSSR count). The molecule has 0 bridgehead atoms.